The summed E-state index contributed by atoms with van der Waals surface area (Å²) in [5, 5.41) is 14.7. The van der Waals surface area contributed by atoms with Crippen molar-refractivity contribution < 1.29 is 14.3 Å². The second kappa shape index (κ2) is 7.84. The van der Waals surface area contributed by atoms with Crippen molar-refractivity contribution in [1.82, 2.24) is 35.4 Å². The molecule has 1 saturated heterocycles. The lowest BCUT2D eigenvalue weighted by Crippen LogP contribution is -2.42. The van der Waals surface area contributed by atoms with Crippen molar-refractivity contribution >= 4 is 11.9 Å². The molecule has 4 heterocycles. The van der Waals surface area contributed by atoms with Gasteiger partial charge >= 0.3 is 5.97 Å². The van der Waals surface area contributed by atoms with E-state index in [1.807, 2.05) is 18.3 Å². The van der Waals surface area contributed by atoms with E-state index in [1.165, 1.54) is 17.1 Å². The summed E-state index contributed by atoms with van der Waals surface area (Å²) in [6, 6.07) is 4.38. The first-order chi connectivity index (χ1) is 15.0. The highest BCUT2D eigenvalue weighted by molar-refractivity contribution is 5.91. The van der Waals surface area contributed by atoms with Crippen LogP contribution in [0.2, 0.25) is 0 Å². The topological polar surface area (TPSA) is 115 Å². The molecule has 5 rings (SSSR count). The minimum Gasteiger partial charge on any atom is -0.456 e. The predicted octanol–water partition coefficient (Wildman–Crippen LogP) is 1.14. The number of tetrazole rings is 1. The van der Waals surface area contributed by atoms with E-state index in [1.54, 1.807) is 4.90 Å². The molecule has 10 nitrogen and oxygen atoms in total. The zero-order valence-corrected chi connectivity index (χ0v) is 17.4. The molecule has 0 aromatic carbocycles. The summed E-state index contributed by atoms with van der Waals surface area (Å²) in [6.07, 6.45) is 9.27. The number of rotatable bonds is 5. The number of nitrogens with one attached hydrogen (secondary N) is 1. The quantitative estimate of drug-likeness (QED) is 0.712. The zero-order valence-electron chi connectivity index (χ0n) is 17.4. The van der Waals surface area contributed by atoms with E-state index >= 15 is 0 Å². The molecule has 0 unspecified atom stereocenters. The highest BCUT2D eigenvalue weighted by Gasteiger charge is 2.52. The lowest BCUT2D eigenvalue weighted by Gasteiger charge is -2.36. The number of cyclic esters (lactones) is 1. The highest BCUT2D eigenvalue weighted by Crippen LogP contribution is 2.48. The van der Waals surface area contributed by atoms with Gasteiger partial charge in [-0.2, -0.15) is 4.68 Å². The van der Waals surface area contributed by atoms with E-state index < -0.39 is 0 Å². The Bertz CT molecular complexity index is 994. The Hall–Kier alpha value is -3.14. The number of nitrogens with zero attached hydrogens (tertiary/aromatic N) is 6. The van der Waals surface area contributed by atoms with Gasteiger partial charge in [-0.1, -0.05) is 6.07 Å². The van der Waals surface area contributed by atoms with Gasteiger partial charge in [0.2, 0.25) is 5.91 Å². The van der Waals surface area contributed by atoms with Gasteiger partial charge in [0.25, 0.3) is 0 Å². The van der Waals surface area contributed by atoms with E-state index in [4.69, 9.17) is 4.74 Å². The van der Waals surface area contributed by atoms with Gasteiger partial charge < -0.3 is 15.0 Å². The molecule has 1 amide bonds. The largest absolute Gasteiger partial charge is 0.456 e. The Balaban J connectivity index is 1.16. The maximum Gasteiger partial charge on any atom is 0.333 e. The van der Waals surface area contributed by atoms with Crippen LogP contribution in [0.3, 0.4) is 0 Å². The Kier molecular flexibility index (Phi) is 5.01. The summed E-state index contributed by atoms with van der Waals surface area (Å²) in [5.74, 6) is 0.478. The van der Waals surface area contributed by atoms with Crippen LogP contribution in [0.25, 0.3) is 5.82 Å². The fourth-order valence-corrected chi connectivity index (χ4v) is 5.09. The molecule has 162 valence electrons. The summed E-state index contributed by atoms with van der Waals surface area (Å²) >= 11 is 0. The van der Waals surface area contributed by atoms with Gasteiger partial charge in [-0.05, 0) is 61.1 Å². The molecule has 2 fully saturated rings. The van der Waals surface area contributed by atoms with Crippen molar-refractivity contribution in [2.45, 2.75) is 57.7 Å². The first-order valence-corrected chi connectivity index (χ1v) is 10.7. The average Bonchev–Trinajstić information content (AvgIpc) is 3.50. The number of amides is 1. The first-order valence-electron chi connectivity index (χ1n) is 10.7. The fraction of sp³-hybridized carbons (Fsp3) is 0.524. The normalized spacial score (nSPS) is 28.3. The van der Waals surface area contributed by atoms with Crippen LogP contribution in [-0.2, 0) is 20.9 Å². The number of aromatic nitrogens is 5. The number of likely N-dealkylation sites (tertiary alicyclic amines) is 1. The third kappa shape index (κ3) is 3.71. The Morgan fingerprint density at radius 1 is 1.26 bits per heavy atom. The van der Waals surface area contributed by atoms with E-state index in [-0.39, 0.29) is 29.9 Å². The number of hydrogen-bond acceptors (Lipinski definition) is 8. The van der Waals surface area contributed by atoms with Crippen molar-refractivity contribution in [2.24, 2.45) is 5.41 Å². The molecule has 2 aliphatic heterocycles. The van der Waals surface area contributed by atoms with Crippen LogP contribution in [-0.4, -0.2) is 60.7 Å². The van der Waals surface area contributed by atoms with Gasteiger partial charge in [-0.3, -0.25) is 4.79 Å². The molecule has 1 N–H and O–H groups in total. The van der Waals surface area contributed by atoms with E-state index in [0.717, 1.165) is 44.2 Å². The predicted molar refractivity (Wildman–Crippen MR) is 108 cm³/mol. The molecule has 10 heteroatoms. The van der Waals surface area contributed by atoms with Gasteiger partial charge in [-0.15, -0.1) is 5.10 Å². The Morgan fingerprint density at radius 2 is 2.10 bits per heavy atom. The van der Waals surface area contributed by atoms with Crippen molar-refractivity contribution in [3.63, 3.8) is 0 Å². The molecule has 1 atom stereocenters. The third-order valence-electron chi connectivity index (χ3n) is 6.69. The fourth-order valence-electron chi connectivity index (χ4n) is 5.09. The standard InChI is InChI=1S/C21H25N7O3/c1-14-9-21(20(30)28(14)17-8-19(29)31-12-17)6-4-16(5-7-21)22-10-15-2-3-18(23-11-15)27-13-24-25-26-27/h2-3,8,11,13-14,16,22H,4-7,9-10,12H2,1H3/t14-,16?,21?/m0/s1. The number of hydrogen-bond donors (Lipinski definition) is 1. The van der Waals surface area contributed by atoms with Crippen LogP contribution in [0.5, 0.6) is 0 Å². The van der Waals surface area contributed by atoms with E-state index in [0.29, 0.717) is 17.6 Å². The second-order valence-electron chi connectivity index (χ2n) is 8.69. The van der Waals surface area contributed by atoms with Gasteiger partial charge in [-0.25, -0.2) is 9.78 Å². The average molecular weight is 423 g/mol. The Morgan fingerprint density at radius 3 is 2.74 bits per heavy atom. The van der Waals surface area contributed by atoms with Crippen LogP contribution >= 0.6 is 0 Å². The number of carbonyl (C=O) groups is 2. The van der Waals surface area contributed by atoms with Gasteiger partial charge in [0.15, 0.2) is 5.82 Å². The minimum absolute atomic E-state index is 0.0996. The van der Waals surface area contributed by atoms with Crippen LogP contribution in [0, 0.1) is 5.41 Å². The summed E-state index contributed by atoms with van der Waals surface area (Å²) in [6.45, 7) is 2.99. The maximum absolute atomic E-state index is 13.3. The first kappa shape index (κ1) is 19.8. The maximum atomic E-state index is 13.3. The van der Waals surface area contributed by atoms with Crippen LogP contribution in [0.4, 0.5) is 0 Å². The molecular weight excluding hydrogens is 398 g/mol. The van der Waals surface area contributed by atoms with Gasteiger partial charge in [0.05, 0.1) is 11.1 Å². The second-order valence-corrected chi connectivity index (χ2v) is 8.69. The monoisotopic (exact) mass is 423 g/mol. The lowest BCUT2D eigenvalue weighted by atomic mass is 9.70. The molecule has 2 aromatic rings. The lowest BCUT2D eigenvalue weighted by molar-refractivity contribution is -0.138. The number of ether oxygens (including phenoxy) is 1. The van der Waals surface area contributed by atoms with Crippen molar-refractivity contribution in [1.29, 1.82) is 0 Å². The summed E-state index contributed by atoms with van der Waals surface area (Å²) in [4.78, 5) is 30.9. The van der Waals surface area contributed by atoms with Crippen LogP contribution in [0.1, 0.15) is 44.6 Å². The van der Waals surface area contributed by atoms with E-state index in [9.17, 15) is 9.59 Å². The molecule has 0 radical (unpaired) electrons. The van der Waals surface area contributed by atoms with Crippen LogP contribution in [0.15, 0.2) is 36.4 Å². The number of esters is 1. The highest BCUT2D eigenvalue weighted by atomic mass is 16.5. The third-order valence-corrected chi connectivity index (χ3v) is 6.69. The number of pyridine rings is 1. The molecule has 0 bridgehead atoms. The van der Waals surface area contributed by atoms with E-state index in [2.05, 4.69) is 32.7 Å². The summed E-state index contributed by atoms with van der Waals surface area (Å²) < 4.78 is 6.54. The molecule has 1 spiro atoms. The zero-order chi connectivity index (χ0) is 21.4. The van der Waals surface area contributed by atoms with Gasteiger partial charge in [0, 0.05) is 30.9 Å². The molecule has 3 aliphatic rings. The van der Waals surface area contributed by atoms with Crippen LogP contribution < -0.4 is 5.32 Å². The van der Waals surface area contributed by atoms with Crippen molar-refractivity contribution in [2.75, 3.05) is 6.61 Å². The SMILES string of the molecule is C[C@H]1CC2(CCC(NCc3ccc(-n4cnnn4)nc3)CC2)C(=O)N1C1=CC(=O)OC1. The Labute approximate surface area is 179 Å². The van der Waals surface area contributed by atoms with Crippen molar-refractivity contribution in [3.8, 4) is 5.82 Å². The smallest absolute Gasteiger partial charge is 0.333 e. The summed E-state index contributed by atoms with van der Waals surface area (Å²) in [5.41, 5.74) is 1.49. The molecular formula is C21H25N7O3. The molecule has 2 aromatic heterocycles. The molecule has 1 saturated carbocycles. The summed E-state index contributed by atoms with van der Waals surface area (Å²) in [7, 11) is 0. The molecule has 31 heavy (non-hydrogen) atoms. The van der Waals surface area contributed by atoms with Gasteiger partial charge in [0.1, 0.15) is 12.9 Å². The molecule has 1 aliphatic carbocycles. The number of carbonyl (C=O) groups excluding carboxylic acids is 2. The van der Waals surface area contributed by atoms with Crippen molar-refractivity contribution in [3.05, 3.63) is 42.0 Å². The minimum atomic E-state index is -0.357.